The maximum absolute atomic E-state index is 12.6. The van der Waals surface area contributed by atoms with Gasteiger partial charge in [0.1, 0.15) is 17.3 Å². The van der Waals surface area contributed by atoms with Crippen LogP contribution in [-0.2, 0) is 4.79 Å². The molecule has 0 saturated heterocycles. The lowest BCUT2D eigenvalue weighted by atomic mass is 9.86. The zero-order chi connectivity index (χ0) is 22.2. The molecule has 1 amide bonds. The molecule has 3 heterocycles. The first-order chi connectivity index (χ1) is 15.5. The fraction of sp³-hybridized carbons (Fsp3) is 0.174. The molecule has 0 bridgehead atoms. The number of amides is 1. The lowest BCUT2D eigenvalue weighted by Crippen LogP contribution is -2.25. The summed E-state index contributed by atoms with van der Waals surface area (Å²) in [5, 5.41) is 25.7. The number of phenols is 1. The number of phenolic OH excluding ortho intramolecular Hbond substituents is 1. The Morgan fingerprint density at radius 3 is 2.84 bits per heavy atom. The number of ether oxygens (including phenoxy) is 1. The second-order valence-electron chi connectivity index (χ2n) is 7.53. The van der Waals surface area contributed by atoms with Crippen LogP contribution in [0.5, 0.6) is 11.5 Å². The lowest BCUT2D eigenvalue weighted by molar-refractivity contribution is -0.116. The van der Waals surface area contributed by atoms with Crippen molar-refractivity contribution in [2.24, 2.45) is 0 Å². The normalized spacial score (nSPS) is 15.2. The summed E-state index contributed by atoms with van der Waals surface area (Å²) in [5.41, 5.74) is 3.87. The van der Waals surface area contributed by atoms with Gasteiger partial charge in [-0.3, -0.25) is 4.79 Å². The molecule has 1 aliphatic heterocycles. The molecule has 2 aromatic heterocycles. The smallest absolute Gasteiger partial charge is 0.272 e. The van der Waals surface area contributed by atoms with Crippen molar-refractivity contribution in [2.45, 2.75) is 19.3 Å². The molecule has 0 saturated carbocycles. The molecule has 0 aliphatic carbocycles. The number of aromatic nitrogens is 5. The number of rotatable bonds is 4. The number of benzene rings is 2. The molecule has 1 atom stereocenters. The third kappa shape index (κ3) is 3.43. The molecule has 0 unspecified atom stereocenters. The summed E-state index contributed by atoms with van der Waals surface area (Å²) in [6.07, 6.45) is 1.82. The number of methoxy groups -OCH3 is 1. The fourth-order valence-corrected chi connectivity index (χ4v) is 4.02. The second-order valence-corrected chi connectivity index (χ2v) is 7.53. The van der Waals surface area contributed by atoms with Crippen LogP contribution in [-0.4, -0.2) is 43.1 Å². The Balaban J connectivity index is 1.61. The van der Waals surface area contributed by atoms with E-state index < -0.39 is 0 Å². The molecule has 1 aliphatic rings. The maximum Gasteiger partial charge on any atom is 0.272 e. The van der Waals surface area contributed by atoms with Crippen LogP contribution in [0.1, 0.15) is 29.2 Å². The van der Waals surface area contributed by atoms with Crippen LogP contribution in [0.2, 0.25) is 0 Å². The summed E-state index contributed by atoms with van der Waals surface area (Å²) in [6.45, 7) is 1.88. The highest BCUT2D eigenvalue weighted by Crippen LogP contribution is 2.40. The molecule has 9 heteroatoms. The standard InChI is InChI=1S/C23H20N6O3/c1-13-21-18(14-5-3-7-16(30)9-14)11-20(31)26-22(21)29(28-13)23-25-19(12-24-27-23)15-6-4-8-17(10-15)32-2/h3-10,12,18,30H,11H2,1-2H3,(H,26,31)/t18-/m1/s1. The summed E-state index contributed by atoms with van der Waals surface area (Å²) in [5.74, 6) is 1.22. The molecule has 0 fully saturated rings. The monoisotopic (exact) mass is 428 g/mol. The van der Waals surface area contributed by atoms with Gasteiger partial charge in [-0.15, -0.1) is 5.10 Å². The topological polar surface area (TPSA) is 115 Å². The van der Waals surface area contributed by atoms with E-state index in [4.69, 9.17) is 4.74 Å². The van der Waals surface area contributed by atoms with Gasteiger partial charge in [0.15, 0.2) is 0 Å². The Hall–Kier alpha value is -4.27. The van der Waals surface area contributed by atoms with Gasteiger partial charge in [-0.2, -0.15) is 14.9 Å². The number of aromatic hydroxyl groups is 1. The summed E-state index contributed by atoms with van der Waals surface area (Å²) >= 11 is 0. The molecular formula is C23H20N6O3. The van der Waals surface area contributed by atoms with Crippen molar-refractivity contribution in [3.8, 4) is 28.7 Å². The van der Waals surface area contributed by atoms with E-state index in [2.05, 4.69) is 25.6 Å². The van der Waals surface area contributed by atoms with E-state index in [1.807, 2.05) is 37.3 Å². The second kappa shape index (κ2) is 7.77. The third-order valence-electron chi connectivity index (χ3n) is 5.48. The van der Waals surface area contributed by atoms with E-state index in [1.165, 1.54) is 4.68 Å². The first kappa shape index (κ1) is 19.7. The summed E-state index contributed by atoms with van der Waals surface area (Å²) < 4.78 is 6.80. The molecule has 2 N–H and O–H groups in total. The minimum absolute atomic E-state index is 0.149. The number of carbonyl (C=O) groups excluding carboxylic acids is 1. The zero-order valence-electron chi connectivity index (χ0n) is 17.5. The van der Waals surface area contributed by atoms with Gasteiger partial charge in [0.25, 0.3) is 5.95 Å². The molecule has 0 radical (unpaired) electrons. The molecule has 2 aromatic carbocycles. The lowest BCUT2D eigenvalue weighted by Gasteiger charge is -2.24. The van der Waals surface area contributed by atoms with Crippen LogP contribution in [0.4, 0.5) is 5.82 Å². The number of anilines is 1. The number of nitrogens with zero attached hydrogens (tertiary/aromatic N) is 5. The van der Waals surface area contributed by atoms with Crippen LogP contribution in [0.15, 0.2) is 54.7 Å². The van der Waals surface area contributed by atoms with Gasteiger partial charge in [-0.05, 0) is 36.8 Å². The van der Waals surface area contributed by atoms with Crippen molar-refractivity contribution in [2.75, 3.05) is 12.4 Å². The molecule has 5 rings (SSSR count). The van der Waals surface area contributed by atoms with E-state index >= 15 is 0 Å². The summed E-state index contributed by atoms with van der Waals surface area (Å²) in [7, 11) is 1.60. The molecule has 160 valence electrons. The van der Waals surface area contributed by atoms with Gasteiger partial charge in [-0.1, -0.05) is 24.3 Å². The van der Waals surface area contributed by atoms with Crippen LogP contribution in [0.25, 0.3) is 17.2 Å². The molecule has 32 heavy (non-hydrogen) atoms. The van der Waals surface area contributed by atoms with Crippen molar-refractivity contribution in [3.05, 3.63) is 71.5 Å². The van der Waals surface area contributed by atoms with Crippen LogP contribution >= 0.6 is 0 Å². The largest absolute Gasteiger partial charge is 0.508 e. The number of carbonyl (C=O) groups is 1. The Labute approximate surface area is 183 Å². The van der Waals surface area contributed by atoms with Gasteiger partial charge in [0.2, 0.25) is 5.91 Å². The average molecular weight is 428 g/mol. The van der Waals surface area contributed by atoms with Gasteiger partial charge < -0.3 is 15.2 Å². The number of fused-ring (bicyclic) bond motifs is 1. The third-order valence-corrected chi connectivity index (χ3v) is 5.48. The zero-order valence-corrected chi connectivity index (χ0v) is 17.5. The van der Waals surface area contributed by atoms with E-state index in [0.29, 0.717) is 17.3 Å². The minimum Gasteiger partial charge on any atom is -0.508 e. The highest BCUT2D eigenvalue weighted by atomic mass is 16.5. The Kier molecular flexibility index (Phi) is 4.78. The van der Waals surface area contributed by atoms with Gasteiger partial charge >= 0.3 is 0 Å². The number of hydrogen-bond acceptors (Lipinski definition) is 7. The predicted octanol–water partition coefficient (Wildman–Crippen LogP) is 3.22. The van der Waals surface area contributed by atoms with Crippen molar-refractivity contribution in [1.82, 2.24) is 25.0 Å². The van der Waals surface area contributed by atoms with E-state index in [-0.39, 0.29) is 29.9 Å². The average Bonchev–Trinajstić information content (AvgIpc) is 3.14. The maximum atomic E-state index is 12.6. The van der Waals surface area contributed by atoms with Crippen molar-refractivity contribution >= 4 is 11.7 Å². The Bertz CT molecular complexity index is 1330. The van der Waals surface area contributed by atoms with E-state index in [1.54, 1.807) is 31.5 Å². The van der Waals surface area contributed by atoms with Crippen molar-refractivity contribution in [1.29, 1.82) is 0 Å². The van der Waals surface area contributed by atoms with Crippen LogP contribution < -0.4 is 10.1 Å². The molecular weight excluding hydrogens is 408 g/mol. The Morgan fingerprint density at radius 1 is 1.19 bits per heavy atom. The quantitative estimate of drug-likeness (QED) is 0.513. The van der Waals surface area contributed by atoms with E-state index in [0.717, 1.165) is 22.4 Å². The van der Waals surface area contributed by atoms with Crippen molar-refractivity contribution < 1.29 is 14.6 Å². The van der Waals surface area contributed by atoms with E-state index in [9.17, 15) is 9.90 Å². The highest BCUT2D eigenvalue weighted by molar-refractivity contribution is 5.95. The molecule has 4 aromatic rings. The predicted molar refractivity (Wildman–Crippen MR) is 117 cm³/mol. The van der Waals surface area contributed by atoms with Gasteiger partial charge in [-0.25, -0.2) is 4.98 Å². The van der Waals surface area contributed by atoms with Gasteiger partial charge in [0.05, 0.1) is 24.7 Å². The van der Waals surface area contributed by atoms with Gasteiger partial charge in [0, 0.05) is 23.5 Å². The summed E-state index contributed by atoms with van der Waals surface area (Å²) in [4.78, 5) is 17.2. The molecule has 9 nitrogen and oxygen atoms in total. The van der Waals surface area contributed by atoms with Crippen LogP contribution in [0, 0.1) is 6.92 Å². The number of nitrogens with one attached hydrogen (secondary N) is 1. The first-order valence-electron chi connectivity index (χ1n) is 10.1. The summed E-state index contributed by atoms with van der Waals surface area (Å²) in [6, 6.07) is 14.4. The van der Waals surface area contributed by atoms with Crippen molar-refractivity contribution in [3.63, 3.8) is 0 Å². The number of hydrogen-bond donors (Lipinski definition) is 2. The highest BCUT2D eigenvalue weighted by Gasteiger charge is 2.33. The van der Waals surface area contributed by atoms with Crippen LogP contribution in [0.3, 0.4) is 0 Å². The minimum atomic E-state index is -0.242. The fourth-order valence-electron chi connectivity index (χ4n) is 4.02. The first-order valence-corrected chi connectivity index (χ1v) is 10.1. The number of aryl methyl sites for hydroxylation is 1. The Morgan fingerprint density at radius 2 is 2.03 bits per heavy atom. The molecule has 0 spiro atoms. The SMILES string of the molecule is COc1cccc(-c2cnnc(-n3nc(C)c4c3NC(=O)C[C@@H]4c3cccc(O)c3)n2)c1.